The van der Waals surface area contributed by atoms with Gasteiger partial charge in [-0.25, -0.2) is 10.7 Å². The number of esters is 1. The molecule has 0 bridgehead atoms. The molecule has 0 amide bonds. The summed E-state index contributed by atoms with van der Waals surface area (Å²) in [5.41, 5.74) is 1.85. The molecule has 138 valence electrons. The number of nitrogens with two attached hydrogens (primary N) is 1. The van der Waals surface area contributed by atoms with Crippen LogP contribution in [0.2, 0.25) is 0 Å². The van der Waals surface area contributed by atoms with Gasteiger partial charge in [-0.3, -0.25) is 4.84 Å². The fraction of sp³-hybridized carbons (Fsp3) is 0.0952. The number of carbonyl (C=O) groups is 1. The van der Waals surface area contributed by atoms with E-state index in [-0.39, 0.29) is 17.1 Å². The number of phenols is 2. The van der Waals surface area contributed by atoms with Gasteiger partial charge in [0.25, 0.3) is 0 Å². The minimum absolute atomic E-state index is 0.262. The highest BCUT2D eigenvalue weighted by molar-refractivity contribution is 5.77. The first-order chi connectivity index (χ1) is 13.1. The van der Waals surface area contributed by atoms with Crippen LogP contribution in [0.1, 0.15) is 28.9 Å². The van der Waals surface area contributed by atoms with Crippen molar-refractivity contribution < 1.29 is 24.6 Å². The predicted molar refractivity (Wildman–Crippen MR) is 98.6 cm³/mol. The molecule has 0 aliphatic carbocycles. The van der Waals surface area contributed by atoms with Crippen molar-refractivity contribution in [3.63, 3.8) is 0 Å². The average molecular weight is 365 g/mol. The van der Waals surface area contributed by atoms with E-state index in [1.165, 1.54) is 18.2 Å². The van der Waals surface area contributed by atoms with Crippen LogP contribution in [-0.4, -0.2) is 16.2 Å². The van der Waals surface area contributed by atoms with Crippen LogP contribution in [0.4, 0.5) is 0 Å². The van der Waals surface area contributed by atoms with E-state index in [9.17, 15) is 15.0 Å². The normalized spacial score (nSPS) is 11.9. The first-order valence-electron chi connectivity index (χ1n) is 8.28. The van der Waals surface area contributed by atoms with E-state index < -0.39 is 18.2 Å². The Morgan fingerprint density at radius 1 is 0.778 bits per heavy atom. The Balaban J connectivity index is 1.90. The first kappa shape index (κ1) is 18.4. The molecule has 4 N–H and O–H groups in total. The molecule has 3 aromatic carbocycles. The molecule has 6 heteroatoms. The first-order valence-corrected chi connectivity index (χ1v) is 8.28. The van der Waals surface area contributed by atoms with Crippen LogP contribution in [0.25, 0.3) is 0 Å². The van der Waals surface area contributed by atoms with Crippen molar-refractivity contribution in [2.24, 2.45) is 5.90 Å². The fourth-order valence-corrected chi connectivity index (χ4v) is 2.74. The molecule has 3 rings (SSSR count). The zero-order chi connectivity index (χ0) is 19.2. The molecule has 0 heterocycles. The van der Waals surface area contributed by atoms with E-state index in [1.54, 1.807) is 0 Å². The van der Waals surface area contributed by atoms with Crippen LogP contribution >= 0.6 is 0 Å². The third kappa shape index (κ3) is 4.25. The molecule has 0 aliphatic rings. The number of hydrogen-bond donors (Lipinski definition) is 3. The van der Waals surface area contributed by atoms with Gasteiger partial charge in [0.15, 0.2) is 17.6 Å². The second kappa shape index (κ2) is 8.35. The summed E-state index contributed by atoms with van der Waals surface area (Å²) >= 11 is 0. The van der Waals surface area contributed by atoms with Crippen LogP contribution in [0.5, 0.6) is 11.5 Å². The summed E-state index contributed by atoms with van der Waals surface area (Å²) < 4.78 is 5.71. The predicted octanol–water partition coefficient (Wildman–Crippen LogP) is 3.36. The standard InChI is InChI=1S/C21H19NO5/c22-27-20(16-11-12-17(23)18(24)13-16)21(25)26-19(14-7-3-1-4-8-14)15-9-5-2-6-10-15/h1-13,19-20,23-24H,22H2. The molecule has 1 unspecified atom stereocenters. The van der Waals surface area contributed by atoms with Crippen molar-refractivity contribution >= 4 is 5.97 Å². The molecule has 3 aromatic rings. The van der Waals surface area contributed by atoms with Gasteiger partial charge in [-0.1, -0.05) is 66.7 Å². The van der Waals surface area contributed by atoms with Crippen molar-refractivity contribution in [3.8, 4) is 11.5 Å². The maximum Gasteiger partial charge on any atom is 0.343 e. The van der Waals surface area contributed by atoms with Crippen molar-refractivity contribution in [1.29, 1.82) is 0 Å². The second-order valence-corrected chi connectivity index (χ2v) is 5.90. The summed E-state index contributed by atoms with van der Waals surface area (Å²) in [4.78, 5) is 17.6. The Labute approximate surface area is 156 Å². The molecule has 1 atom stereocenters. The zero-order valence-corrected chi connectivity index (χ0v) is 14.4. The largest absolute Gasteiger partial charge is 0.504 e. The van der Waals surface area contributed by atoms with Gasteiger partial charge in [0.1, 0.15) is 0 Å². The van der Waals surface area contributed by atoms with Crippen LogP contribution in [-0.2, 0) is 14.4 Å². The van der Waals surface area contributed by atoms with E-state index in [0.29, 0.717) is 0 Å². The Morgan fingerprint density at radius 3 is 1.81 bits per heavy atom. The highest BCUT2D eigenvalue weighted by Gasteiger charge is 2.28. The quantitative estimate of drug-likeness (QED) is 0.352. The summed E-state index contributed by atoms with van der Waals surface area (Å²) in [7, 11) is 0. The van der Waals surface area contributed by atoms with Gasteiger partial charge >= 0.3 is 5.97 Å². The topological polar surface area (TPSA) is 102 Å². The summed E-state index contributed by atoms with van der Waals surface area (Å²) in [5, 5.41) is 19.1. The molecule has 0 fully saturated rings. The number of rotatable bonds is 6. The lowest BCUT2D eigenvalue weighted by molar-refractivity contribution is -0.162. The number of ether oxygens (including phenoxy) is 1. The molecule has 0 saturated heterocycles. The fourth-order valence-electron chi connectivity index (χ4n) is 2.74. The number of hydrogen-bond acceptors (Lipinski definition) is 6. The molecule has 0 radical (unpaired) electrons. The zero-order valence-electron chi connectivity index (χ0n) is 14.4. The smallest absolute Gasteiger partial charge is 0.343 e. The summed E-state index contributed by atoms with van der Waals surface area (Å²) in [6, 6.07) is 22.5. The molecular weight excluding hydrogens is 346 g/mol. The lowest BCUT2D eigenvalue weighted by atomic mass is 10.0. The Kier molecular flexibility index (Phi) is 5.71. The maximum absolute atomic E-state index is 12.8. The van der Waals surface area contributed by atoms with E-state index in [1.807, 2.05) is 60.7 Å². The number of phenolic OH excluding ortho intramolecular Hbond substituents is 2. The minimum Gasteiger partial charge on any atom is -0.504 e. The molecule has 6 nitrogen and oxygen atoms in total. The Hall–Kier alpha value is -3.35. The van der Waals surface area contributed by atoms with Gasteiger partial charge in [0.05, 0.1) is 0 Å². The van der Waals surface area contributed by atoms with E-state index in [4.69, 9.17) is 15.5 Å². The number of benzene rings is 3. The summed E-state index contributed by atoms with van der Waals surface area (Å²) in [5.74, 6) is 3.88. The van der Waals surface area contributed by atoms with E-state index in [0.717, 1.165) is 11.1 Å². The minimum atomic E-state index is -1.26. The summed E-state index contributed by atoms with van der Waals surface area (Å²) in [6.07, 6.45) is -1.91. The third-order valence-electron chi connectivity index (χ3n) is 4.09. The van der Waals surface area contributed by atoms with Gasteiger partial charge < -0.3 is 14.9 Å². The highest BCUT2D eigenvalue weighted by Crippen LogP contribution is 2.32. The van der Waals surface area contributed by atoms with E-state index >= 15 is 0 Å². The van der Waals surface area contributed by atoms with Crippen LogP contribution in [0.3, 0.4) is 0 Å². The van der Waals surface area contributed by atoms with Gasteiger partial charge in [-0.2, -0.15) is 0 Å². The summed E-state index contributed by atoms with van der Waals surface area (Å²) in [6.45, 7) is 0. The van der Waals surface area contributed by atoms with Crippen LogP contribution in [0, 0.1) is 0 Å². The van der Waals surface area contributed by atoms with Crippen LogP contribution in [0.15, 0.2) is 78.9 Å². The number of aromatic hydroxyl groups is 2. The number of carbonyl (C=O) groups excluding carboxylic acids is 1. The van der Waals surface area contributed by atoms with E-state index in [2.05, 4.69) is 0 Å². The molecule has 27 heavy (non-hydrogen) atoms. The van der Waals surface area contributed by atoms with Gasteiger partial charge in [-0.15, -0.1) is 0 Å². The van der Waals surface area contributed by atoms with Gasteiger partial charge in [0.2, 0.25) is 6.10 Å². The average Bonchev–Trinajstić information content (AvgIpc) is 2.70. The molecule has 0 spiro atoms. The lowest BCUT2D eigenvalue weighted by Crippen LogP contribution is -2.24. The van der Waals surface area contributed by atoms with Crippen molar-refractivity contribution in [3.05, 3.63) is 95.6 Å². The van der Waals surface area contributed by atoms with Crippen molar-refractivity contribution in [1.82, 2.24) is 0 Å². The molecule has 0 saturated carbocycles. The monoisotopic (exact) mass is 365 g/mol. The maximum atomic E-state index is 12.8. The van der Waals surface area contributed by atoms with Gasteiger partial charge in [-0.05, 0) is 28.8 Å². The second-order valence-electron chi connectivity index (χ2n) is 5.90. The highest BCUT2D eigenvalue weighted by atomic mass is 16.7. The molecule has 0 aliphatic heterocycles. The Morgan fingerprint density at radius 2 is 1.33 bits per heavy atom. The third-order valence-corrected chi connectivity index (χ3v) is 4.09. The molecular formula is C21H19NO5. The SMILES string of the molecule is NOC(C(=O)OC(c1ccccc1)c1ccccc1)c1ccc(O)c(O)c1. The Bertz CT molecular complexity index is 859. The van der Waals surface area contributed by atoms with Gasteiger partial charge in [0, 0.05) is 0 Å². The van der Waals surface area contributed by atoms with Crippen LogP contribution < -0.4 is 5.90 Å². The molecule has 0 aromatic heterocycles. The van der Waals surface area contributed by atoms with Crippen molar-refractivity contribution in [2.75, 3.05) is 0 Å². The van der Waals surface area contributed by atoms with Crippen molar-refractivity contribution in [2.45, 2.75) is 12.2 Å². The lowest BCUT2D eigenvalue weighted by Gasteiger charge is -2.22.